The lowest BCUT2D eigenvalue weighted by Crippen LogP contribution is -2.32. The molecule has 0 fully saturated rings. The van der Waals surface area contributed by atoms with Gasteiger partial charge in [0.15, 0.2) is 0 Å². The van der Waals surface area contributed by atoms with Gasteiger partial charge < -0.3 is 10.0 Å². The van der Waals surface area contributed by atoms with Crippen LogP contribution in [0.25, 0.3) is 0 Å². The van der Waals surface area contributed by atoms with Crippen LogP contribution >= 0.6 is 15.9 Å². The molecule has 0 saturated carbocycles. The van der Waals surface area contributed by atoms with Gasteiger partial charge in [-0.25, -0.2) is 4.98 Å². The molecule has 0 aliphatic carbocycles. The van der Waals surface area contributed by atoms with Crippen molar-refractivity contribution in [2.45, 2.75) is 13.0 Å². The zero-order valence-electron chi connectivity index (χ0n) is 7.74. The minimum Gasteiger partial charge on any atom is -0.394 e. The van der Waals surface area contributed by atoms with Crippen LogP contribution in [-0.2, 0) is 0 Å². The molecule has 0 saturated heterocycles. The number of nitrogens with zero attached hydrogens (tertiary/aromatic N) is 2. The first-order chi connectivity index (χ1) is 6.16. The van der Waals surface area contributed by atoms with Crippen LogP contribution in [-0.4, -0.2) is 29.8 Å². The third-order valence-corrected chi connectivity index (χ3v) is 2.62. The first-order valence-electron chi connectivity index (χ1n) is 4.11. The van der Waals surface area contributed by atoms with E-state index in [1.165, 1.54) is 0 Å². The highest BCUT2D eigenvalue weighted by atomic mass is 79.9. The van der Waals surface area contributed by atoms with Gasteiger partial charge in [0.25, 0.3) is 0 Å². The first kappa shape index (κ1) is 10.5. The summed E-state index contributed by atoms with van der Waals surface area (Å²) in [7, 11) is 1.91. The van der Waals surface area contributed by atoms with E-state index in [2.05, 4.69) is 20.9 Å². The second kappa shape index (κ2) is 4.58. The molecular formula is C9H13BrN2O. The number of anilines is 1. The second-order valence-electron chi connectivity index (χ2n) is 2.95. The third kappa shape index (κ3) is 2.42. The van der Waals surface area contributed by atoms with Crippen molar-refractivity contribution in [1.29, 1.82) is 0 Å². The molecule has 0 amide bonds. The minimum absolute atomic E-state index is 0.0752. The first-order valence-corrected chi connectivity index (χ1v) is 4.90. The molecule has 72 valence electrons. The molecule has 0 aromatic carbocycles. The molecule has 13 heavy (non-hydrogen) atoms. The van der Waals surface area contributed by atoms with Gasteiger partial charge in [-0.05, 0) is 35.0 Å². The number of halogens is 1. The van der Waals surface area contributed by atoms with Crippen LogP contribution in [0.2, 0.25) is 0 Å². The monoisotopic (exact) mass is 244 g/mol. The summed E-state index contributed by atoms with van der Waals surface area (Å²) in [5.74, 6) is 0.851. The molecule has 4 heteroatoms. The molecule has 1 aromatic rings. The molecular weight excluding hydrogens is 232 g/mol. The number of aromatic nitrogens is 1. The Balaban J connectivity index is 2.88. The number of pyridine rings is 1. The number of rotatable bonds is 3. The lowest BCUT2D eigenvalue weighted by molar-refractivity contribution is 0.269. The zero-order valence-corrected chi connectivity index (χ0v) is 9.32. The highest BCUT2D eigenvalue weighted by molar-refractivity contribution is 9.10. The lowest BCUT2D eigenvalue weighted by atomic mass is 10.3. The Bertz CT molecular complexity index is 280. The maximum Gasteiger partial charge on any atom is 0.142 e. The van der Waals surface area contributed by atoms with Gasteiger partial charge in [-0.3, -0.25) is 0 Å². The second-order valence-corrected chi connectivity index (χ2v) is 3.81. The number of hydrogen-bond donors (Lipinski definition) is 1. The summed E-state index contributed by atoms with van der Waals surface area (Å²) < 4.78 is 0.942. The fraction of sp³-hybridized carbons (Fsp3) is 0.444. The van der Waals surface area contributed by atoms with Gasteiger partial charge in [0, 0.05) is 13.2 Å². The van der Waals surface area contributed by atoms with Crippen LogP contribution < -0.4 is 4.90 Å². The Hall–Kier alpha value is -0.610. The Morgan fingerprint density at radius 3 is 2.92 bits per heavy atom. The predicted octanol–water partition coefficient (Wildman–Crippen LogP) is 1.66. The van der Waals surface area contributed by atoms with E-state index in [-0.39, 0.29) is 12.6 Å². The normalized spacial score (nSPS) is 12.6. The topological polar surface area (TPSA) is 36.4 Å². The standard InChI is InChI=1S/C9H13BrN2O/c1-7(6-13)12(2)9-8(10)4-3-5-11-9/h3-5,7,13H,6H2,1-2H3. The number of aliphatic hydroxyl groups excluding tert-OH is 1. The smallest absolute Gasteiger partial charge is 0.142 e. The Morgan fingerprint density at radius 1 is 1.69 bits per heavy atom. The molecule has 0 spiro atoms. The van der Waals surface area contributed by atoms with Gasteiger partial charge in [0.2, 0.25) is 0 Å². The van der Waals surface area contributed by atoms with Crippen molar-refractivity contribution < 1.29 is 5.11 Å². The minimum atomic E-state index is 0.0752. The van der Waals surface area contributed by atoms with Crippen molar-refractivity contribution in [1.82, 2.24) is 4.98 Å². The van der Waals surface area contributed by atoms with Gasteiger partial charge in [-0.15, -0.1) is 0 Å². The molecule has 3 nitrogen and oxygen atoms in total. The largest absolute Gasteiger partial charge is 0.394 e. The van der Waals surface area contributed by atoms with Gasteiger partial charge in [0.05, 0.1) is 17.1 Å². The highest BCUT2D eigenvalue weighted by Crippen LogP contribution is 2.22. The molecule has 1 N–H and O–H groups in total. The molecule has 0 radical (unpaired) electrons. The summed E-state index contributed by atoms with van der Waals surface area (Å²) >= 11 is 3.41. The third-order valence-electron chi connectivity index (χ3n) is 2.00. The Kier molecular flexibility index (Phi) is 3.69. The molecule has 0 aliphatic rings. The van der Waals surface area contributed by atoms with Crippen molar-refractivity contribution in [2.75, 3.05) is 18.6 Å². The summed E-state index contributed by atoms with van der Waals surface area (Å²) in [5.41, 5.74) is 0. The van der Waals surface area contributed by atoms with Crippen LogP contribution in [0, 0.1) is 0 Å². The summed E-state index contributed by atoms with van der Waals surface area (Å²) in [6.07, 6.45) is 1.74. The van der Waals surface area contributed by atoms with E-state index < -0.39 is 0 Å². The summed E-state index contributed by atoms with van der Waals surface area (Å²) in [4.78, 5) is 6.15. The average Bonchev–Trinajstić information content (AvgIpc) is 2.16. The van der Waals surface area contributed by atoms with E-state index in [4.69, 9.17) is 5.11 Å². The maximum atomic E-state index is 8.97. The van der Waals surface area contributed by atoms with E-state index in [0.29, 0.717) is 0 Å². The van der Waals surface area contributed by atoms with E-state index in [0.717, 1.165) is 10.3 Å². The number of aliphatic hydroxyl groups is 1. The molecule has 1 rings (SSSR count). The van der Waals surface area contributed by atoms with Crippen LogP contribution in [0.5, 0.6) is 0 Å². The molecule has 1 heterocycles. The summed E-state index contributed by atoms with van der Waals surface area (Å²) in [6, 6.07) is 3.87. The maximum absolute atomic E-state index is 8.97. The quantitative estimate of drug-likeness (QED) is 0.879. The van der Waals surface area contributed by atoms with E-state index >= 15 is 0 Å². The van der Waals surface area contributed by atoms with Crippen LogP contribution in [0.4, 0.5) is 5.82 Å². The van der Waals surface area contributed by atoms with Gasteiger partial charge in [0.1, 0.15) is 5.82 Å². The number of hydrogen-bond acceptors (Lipinski definition) is 3. The van der Waals surface area contributed by atoms with Crippen molar-refractivity contribution in [2.24, 2.45) is 0 Å². The van der Waals surface area contributed by atoms with E-state index in [1.54, 1.807) is 6.20 Å². The van der Waals surface area contributed by atoms with Crippen LogP contribution in [0.3, 0.4) is 0 Å². The van der Waals surface area contributed by atoms with Crippen molar-refractivity contribution >= 4 is 21.7 Å². The highest BCUT2D eigenvalue weighted by Gasteiger charge is 2.11. The Morgan fingerprint density at radius 2 is 2.38 bits per heavy atom. The molecule has 1 aromatic heterocycles. The molecule has 0 aliphatic heterocycles. The van der Waals surface area contributed by atoms with Gasteiger partial charge in [-0.2, -0.15) is 0 Å². The summed E-state index contributed by atoms with van der Waals surface area (Å²) in [6.45, 7) is 2.07. The van der Waals surface area contributed by atoms with Crippen LogP contribution in [0.1, 0.15) is 6.92 Å². The van der Waals surface area contributed by atoms with Crippen molar-refractivity contribution in [3.05, 3.63) is 22.8 Å². The predicted molar refractivity (Wildman–Crippen MR) is 56.9 cm³/mol. The number of likely N-dealkylation sites (N-methyl/N-ethyl adjacent to an activating group) is 1. The van der Waals surface area contributed by atoms with E-state index in [1.807, 2.05) is 31.0 Å². The van der Waals surface area contributed by atoms with Crippen molar-refractivity contribution in [3.8, 4) is 0 Å². The average molecular weight is 245 g/mol. The van der Waals surface area contributed by atoms with Gasteiger partial charge in [-0.1, -0.05) is 0 Å². The summed E-state index contributed by atoms with van der Waals surface area (Å²) in [5, 5.41) is 8.97. The Labute approximate surface area is 86.5 Å². The van der Waals surface area contributed by atoms with E-state index in [9.17, 15) is 0 Å². The van der Waals surface area contributed by atoms with Gasteiger partial charge >= 0.3 is 0 Å². The fourth-order valence-corrected chi connectivity index (χ4v) is 1.50. The molecule has 0 bridgehead atoms. The van der Waals surface area contributed by atoms with Crippen molar-refractivity contribution in [3.63, 3.8) is 0 Å². The zero-order chi connectivity index (χ0) is 9.84. The van der Waals surface area contributed by atoms with Crippen LogP contribution in [0.15, 0.2) is 22.8 Å². The molecule has 1 atom stereocenters. The fourth-order valence-electron chi connectivity index (χ4n) is 0.968. The lowest BCUT2D eigenvalue weighted by Gasteiger charge is -2.24. The molecule has 1 unspecified atom stereocenters. The SMILES string of the molecule is CC(CO)N(C)c1ncccc1Br.